The number of hydrogen-bond acceptors (Lipinski definition) is 3. The van der Waals surface area contributed by atoms with E-state index in [2.05, 4.69) is 9.97 Å². The first-order chi connectivity index (χ1) is 10.2. The molecule has 0 spiro atoms. The van der Waals surface area contributed by atoms with Crippen molar-refractivity contribution in [2.75, 3.05) is 5.73 Å². The average Bonchev–Trinajstić information content (AvgIpc) is 2.91. The van der Waals surface area contributed by atoms with E-state index >= 15 is 0 Å². The zero-order valence-corrected chi connectivity index (χ0v) is 11.0. The molecule has 3 aromatic heterocycles. The van der Waals surface area contributed by atoms with Gasteiger partial charge in [0.15, 0.2) is 0 Å². The van der Waals surface area contributed by atoms with Crippen molar-refractivity contribution in [1.82, 2.24) is 14.5 Å². The van der Waals surface area contributed by atoms with Gasteiger partial charge in [0.2, 0.25) is 0 Å². The maximum atomic E-state index is 13.4. The predicted octanol–water partition coefficient (Wildman–Crippen LogP) is 3.30. The first-order valence-electron chi connectivity index (χ1n) is 6.48. The fraction of sp³-hybridized carbons (Fsp3) is 0. The predicted molar refractivity (Wildman–Crippen MR) is 80.7 cm³/mol. The maximum Gasteiger partial charge on any atom is 0.137 e. The Morgan fingerprint density at radius 1 is 1.05 bits per heavy atom. The minimum absolute atomic E-state index is 0.356. The van der Waals surface area contributed by atoms with Crippen molar-refractivity contribution >= 4 is 27.4 Å². The fourth-order valence-corrected chi connectivity index (χ4v) is 2.54. The third kappa shape index (κ3) is 1.82. The third-order valence-corrected chi connectivity index (χ3v) is 3.56. The van der Waals surface area contributed by atoms with Gasteiger partial charge in [-0.05, 0) is 30.3 Å². The van der Waals surface area contributed by atoms with Crippen LogP contribution in [0, 0.1) is 5.82 Å². The lowest BCUT2D eigenvalue weighted by atomic mass is 10.1. The Kier molecular flexibility index (Phi) is 2.41. The number of benzene rings is 1. The molecule has 2 N–H and O–H groups in total. The van der Waals surface area contributed by atoms with Crippen molar-refractivity contribution < 1.29 is 4.39 Å². The summed E-state index contributed by atoms with van der Waals surface area (Å²) in [6.07, 6.45) is 7.10. The van der Waals surface area contributed by atoms with Crippen molar-refractivity contribution in [2.24, 2.45) is 0 Å². The van der Waals surface area contributed by atoms with Gasteiger partial charge in [0.25, 0.3) is 0 Å². The van der Waals surface area contributed by atoms with Crippen LogP contribution in [-0.2, 0) is 0 Å². The monoisotopic (exact) mass is 278 g/mol. The highest BCUT2D eigenvalue weighted by molar-refractivity contribution is 5.93. The Morgan fingerprint density at radius 2 is 1.95 bits per heavy atom. The lowest BCUT2D eigenvalue weighted by Crippen LogP contribution is -1.97. The molecule has 0 amide bonds. The smallest absolute Gasteiger partial charge is 0.137 e. The molecule has 4 rings (SSSR count). The number of anilines is 1. The van der Waals surface area contributed by atoms with Crippen molar-refractivity contribution in [1.29, 1.82) is 0 Å². The van der Waals surface area contributed by atoms with Crippen LogP contribution < -0.4 is 5.73 Å². The molecule has 0 saturated carbocycles. The van der Waals surface area contributed by atoms with E-state index in [1.165, 1.54) is 12.1 Å². The van der Waals surface area contributed by atoms with E-state index in [0.717, 1.165) is 22.1 Å². The topological polar surface area (TPSA) is 56.7 Å². The highest BCUT2D eigenvalue weighted by Crippen LogP contribution is 2.25. The van der Waals surface area contributed by atoms with E-state index in [1.54, 1.807) is 18.6 Å². The van der Waals surface area contributed by atoms with Crippen molar-refractivity contribution in [3.63, 3.8) is 0 Å². The zero-order valence-electron chi connectivity index (χ0n) is 11.0. The molecule has 4 aromatic rings. The van der Waals surface area contributed by atoms with Gasteiger partial charge < -0.3 is 5.73 Å². The minimum Gasteiger partial charge on any atom is -0.398 e. The van der Waals surface area contributed by atoms with Crippen LogP contribution >= 0.6 is 0 Å². The number of rotatable bonds is 1. The van der Waals surface area contributed by atoms with Crippen LogP contribution in [0.15, 0.2) is 55.1 Å². The van der Waals surface area contributed by atoms with E-state index < -0.39 is 0 Å². The molecular weight excluding hydrogens is 267 g/mol. The Balaban J connectivity index is 1.99. The molecule has 0 aliphatic heterocycles. The largest absolute Gasteiger partial charge is 0.398 e. The molecule has 5 heteroatoms. The first-order valence-corrected chi connectivity index (χ1v) is 6.48. The van der Waals surface area contributed by atoms with Gasteiger partial charge in [-0.2, -0.15) is 0 Å². The summed E-state index contributed by atoms with van der Waals surface area (Å²) in [4.78, 5) is 8.53. The summed E-state index contributed by atoms with van der Waals surface area (Å²) in [7, 11) is 0. The van der Waals surface area contributed by atoms with Crippen LogP contribution in [0.2, 0.25) is 0 Å². The molecular formula is C16H11FN4. The molecule has 0 bridgehead atoms. The third-order valence-electron chi connectivity index (χ3n) is 3.56. The van der Waals surface area contributed by atoms with E-state index in [4.69, 9.17) is 5.73 Å². The van der Waals surface area contributed by atoms with Crippen LogP contribution in [0.1, 0.15) is 0 Å². The summed E-state index contributed by atoms with van der Waals surface area (Å²) >= 11 is 0. The molecule has 21 heavy (non-hydrogen) atoms. The standard InChI is InChI=1S/C16H11FN4/c17-12-5-11-8-20-16(7-13(11)14(18)6-12)21-4-2-10-1-3-19-9-15(10)21/h1-9H,18H2. The summed E-state index contributed by atoms with van der Waals surface area (Å²) < 4.78 is 15.3. The Labute approximate surface area is 119 Å². The van der Waals surface area contributed by atoms with Crippen molar-refractivity contribution in [3.8, 4) is 5.82 Å². The second-order valence-corrected chi connectivity index (χ2v) is 4.88. The van der Waals surface area contributed by atoms with Gasteiger partial charge in [0.1, 0.15) is 11.6 Å². The molecule has 0 aliphatic rings. The van der Waals surface area contributed by atoms with Gasteiger partial charge in [-0.1, -0.05) is 0 Å². The molecule has 102 valence electrons. The maximum absolute atomic E-state index is 13.4. The number of pyridine rings is 2. The van der Waals surface area contributed by atoms with E-state index in [1.807, 2.05) is 29.0 Å². The van der Waals surface area contributed by atoms with E-state index in [-0.39, 0.29) is 5.82 Å². The van der Waals surface area contributed by atoms with Crippen molar-refractivity contribution in [3.05, 3.63) is 60.9 Å². The summed E-state index contributed by atoms with van der Waals surface area (Å²) in [5.41, 5.74) is 7.27. The fourth-order valence-electron chi connectivity index (χ4n) is 2.54. The number of nitrogen functional groups attached to an aromatic ring is 1. The SMILES string of the molecule is Nc1cc(F)cc2cnc(-n3ccc4ccncc43)cc12. The number of nitrogens with two attached hydrogens (primary N) is 1. The summed E-state index contributed by atoms with van der Waals surface area (Å²) in [6.45, 7) is 0. The normalized spacial score (nSPS) is 11.3. The first kappa shape index (κ1) is 11.8. The van der Waals surface area contributed by atoms with Crippen LogP contribution in [-0.4, -0.2) is 14.5 Å². The molecule has 4 nitrogen and oxygen atoms in total. The molecule has 0 fully saturated rings. The highest BCUT2D eigenvalue weighted by Gasteiger charge is 2.07. The number of fused-ring (bicyclic) bond motifs is 2. The quantitative estimate of drug-likeness (QED) is 0.543. The van der Waals surface area contributed by atoms with Crippen LogP contribution in [0.5, 0.6) is 0 Å². The van der Waals surface area contributed by atoms with Gasteiger partial charge in [-0.25, -0.2) is 9.37 Å². The second-order valence-electron chi connectivity index (χ2n) is 4.88. The van der Waals surface area contributed by atoms with Crippen LogP contribution in [0.25, 0.3) is 27.5 Å². The second kappa shape index (κ2) is 4.28. The Morgan fingerprint density at radius 3 is 2.86 bits per heavy atom. The average molecular weight is 278 g/mol. The van der Waals surface area contributed by atoms with Gasteiger partial charge in [0.05, 0.1) is 11.7 Å². The summed E-state index contributed by atoms with van der Waals surface area (Å²) in [5, 5.41) is 2.55. The van der Waals surface area contributed by atoms with E-state index in [9.17, 15) is 4.39 Å². The lowest BCUT2D eigenvalue weighted by Gasteiger charge is -2.07. The van der Waals surface area contributed by atoms with Crippen LogP contribution in [0.3, 0.4) is 0 Å². The van der Waals surface area contributed by atoms with E-state index in [0.29, 0.717) is 11.1 Å². The van der Waals surface area contributed by atoms with Gasteiger partial charge in [0, 0.05) is 40.4 Å². The van der Waals surface area contributed by atoms with Gasteiger partial charge in [-0.3, -0.25) is 9.55 Å². The summed E-state index contributed by atoms with van der Waals surface area (Å²) in [5.74, 6) is 0.369. The zero-order chi connectivity index (χ0) is 14.4. The van der Waals surface area contributed by atoms with Crippen molar-refractivity contribution in [2.45, 2.75) is 0 Å². The Bertz CT molecular complexity index is 975. The van der Waals surface area contributed by atoms with Gasteiger partial charge in [-0.15, -0.1) is 0 Å². The van der Waals surface area contributed by atoms with Gasteiger partial charge >= 0.3 is 0 Å². The van der Waals surface area contributed by atoms with Crippen LogP contribution in [0.4, 0.5) is 10.1 Å². The molecule has 0 unspecified atom stereocenters. The molecule has 0 atom stereocenters. The molecule has 0 radical (unpaired) electrons. The summed E-state index contributed by atoms with van der Waals surface area (Å²) in [6, 6.07) is 8.54. The minimum atomic E-state index is -0.356. The molecule has 3 heterocycles. The number of hydrogen-bond donors (Lipinski definition) is 1. The molecule has 1 aromatic carbocycles. The number of nitrogens with zero attached hydrogens (tertiary/aromatic N) is 3. The number of aromatic nitrogens is 3. The molecule has 0 aliphatic carbocycles. The molecule has 0 saturated heterocycles. The Hall–Kier alpha value is -2.95. The number of halogens is 1. The highest BCUT2D eigenvalue weighted by atomic mass is 19.1. The lowest BCUT2D eigenvalue weighted by molar-refractivity contribution is 0.630.